The third-order valence-corrected chi connectivity index (χ3v) is 2.41. The van der Waals surface area contributed by atoms with Gasteiger partial charge in [-0.25, -0.2) is 0 Å². The van der Waals surface area contributed by atoms with Crippen LogP contribution in [0.3, 0.4) is 0 Å². The molecule has 64 valence electrons. The lowest BCUT2D eigenvalue weighted by molar-refractivity contribution is -0.138. The van der Waals surface area contributed by atoms with Gasteiger partial charge in [0.25, 0.3) is 0 Å². The van der Waals surface area contributed by atoms with E-state index in [0.717, 1.165) is 17.7 Å². The minimum absolute atomic E-state index is 0.179. The summed E-state index contributed by atoms with van der Waals surface area (Å²) < 4.78 is 5.10. The maximum absolute atomic E-state index is 10.5. The maximum atomic E-state index is 10.5. The Bertz CT molecular complexity index is 313. The summed E-state index contributed by atoms with van der Waals surface area (Å²) in [6.07, 6.45) is 2.37. The average Bonchev–Trinajstić information content (AvgIpc) is 2.70. The van der Waals surface area contributed by atoms with Crippen LogP contribution in [0.4, 0.5) is 0 Å². The number of carbonyl (C=O) groups is 1. The molecule has 1 N–H and O–H groups in total. The highest BCUT2D eigenvalue weighted by Crippen LogP contribution is 2.48. The van der Waals surface area contributed by atoms with E-state index in [2.05, 4.69) is 0 Å². The molecule has 1 heterocycles. The van der Waals surface area contributed by atoms with Crippen LogP contribution in [0.25, 0.3) is 0 Å². The number of rotatable bonds is 2. The summed E-state index contributed by atoms with van der Waals surface area (Å²) in [6, 6.07) is 1.86. The highest BCUT2D eigenvalue weighted by atomic mass is 16.4. The molecule has 1 fully saturated rings. The van der Waals surface area contributed by atoms with Gasteiger partial charge in [0.15, 0.2) is 0 Å². The van der Waals surface area contributed by atoms with Crippen molar-refractivity contribution in [3.05, 3.63) is 23.7 Å². The zero-order valence-electron chi connectivity index (χ0n) is 6.78. The van der Waals surface area contributed by atoms with Crippen LogP contribution >= 0.6 is 0 Å². The lowest BCUT2D eigenvalue weighted by Crippen LogP contribution is -1.98. The summed E-state index contributed by atoms with van der Waals surface area (Å²) in [5, 5.41) is 8.68. The summed E-state index contributed by atoms with van der Waals surface area (Å²) in [7, 11) is 0. The predicted octanol–water partition coefficient (Wildman–Crippen LogP) is 1.78. The standard InChI is InChI=1S/C9H10O3/c1-5-6(2-3-12-5)7-4-8(7)9(10)11/h2-3,7-8H,4H2,1H3,(H,10,11)/t7-,8+/m0/s1. The molecule has 1 saturated carbocycles. The number of aliphatic carboxylic acids is 1. The van der Waals surface area contributed by atoms with Crippen LogP contribution in [0.2, 0.25) is 0 Å². The number of carboxylic acids is 1. The van der Waals surface area contributed by atoms with Crippen molar-refractivity contribution in [3.63, 3.8) is 0 Å². The first-order chi connectivity index (χ1) is 5.70. The second-order valence-electron chi connectivity index (χ2n) is 3.22. The molecule has 12 heavy (non-hydrogen) atoms. The number of hydrogen-bond donors (Lipinski definition) is 1. The number of carboxylic acid groups (broad SMARTS) is 1. The van der Waals surface area contributed by atoms with Gasteiger partial charge < -0.3 is 9.52 Å². The minimum atomic E-state index is -0.694. The first-order valence-corrected chi connectivity index (χ1v) is 3.97. The van der Waals surface area contributed by atoms with Gasteiger partial charge in [0.2, 0.25) is 0 Å². The van der Waals surface area contributed by atoms with Crippen molar-refractivity contribution in [1.82, 2.24) is 0 Å². The van der Waals surface area contributed by atoms with Crippen molar-refractivity contribution in [2.45, 2.75) is 19.3 Å². The van der Waals surface area contributed by atoms with E-state index in [-0.39, 0.29) is 11.8 Å². The smallest absolute Gasteiger partial charge is 0.307 e. The molecular weight excluding hydrogens is 156 g/mol. The van der Waals surface area contributed by atoms with Gasteiger partial charge in [-0.15, -0.1) is 0 Å². The van der Waals surface area contributed by atoms with Gasteiger partial charge in [-0.2, -0.15) is 0 Å². The van der Waals surface area contributed by atoms with Crippen LogP contribution in [-0.4, -0.2) is 11.1 Å². The topological polar surface area (TPSA) is 50.4 Å². The lowest BCUT2D eigenvalue weighted by atomic mass is 10.1. The first kappa shape index (κ1) is 7.40. The minimum Gasteiger partial charge on any atom is -0.481 e. The fourth-order valence-corrected chi connectivity index (χ4v) is 1.59. The second-order valence-corrected chi connectivity index (χ2v) is 3.22. The Morgan fingerprint density at radius 1 is 1.75 bits per heavy atom. The summed E-state index contributed by atoms with van der Waals surface area (Å²) >= 11 is 0. The summed E-state index contributed by atoms with van der Waals surface area (Å²) in [5.74, 6) is 0.173. The van der Waals surface area contributed by atoms with E-state index in [0.29, 0.717) is 0 Å². The van der Waals surface area contributed by atoms with Crippen molar-refractivity contribution in [1.29, 1.82) is 0 Å². The van der Waals surface area contributed by atoms with Gasteiger partial charge >= 0.3 is 5.97 Å². The van der Waals surface area contributed by atoms with Gasteiger partial charge in [0, 0.05) is 5.92 Å². The summed E-state index contributed by atoms with van der Waals surface area (Å²) in [5.41, 5.74) is 1.06. The highest BCUT2D eigenvalue weighted by Gasteiger charge is 2.45. The Hall–Kier alpha value is -1.25. The molecule has 1 aromatic rings. The number of furan rings is 1. The molecule has 0 aliphatic heterocycles. The molecule has 0 spiro atoms. The molecule has 0 unspecified atom stereocenters. The van der Waals surface area contributed by atoms with Crippen LogP contribution in [0.1, 0.15) is 23.7 Å². The van der Waals surface area contributed by atoms with Crippen LogP contribution < -0.4 is 0 Å². The maximum Gasteiger partial charge on any atom is 0.307 e. The van der Waals surface area contributed by atoms with Gasteiger partial charge in [0.05, 0.1) is 12.2 Å². The third kappa shape index (κ3) is 1.02. The Balaban J connectivity index is 2.15. The van der Waals surface area contributed by atoms with E-state index in [1.165, 1.54) is 0 Å². The Morgan fingerprint density at radius 3 is 2.92 bits per heavy atom. The van der Waals surface area contributed by atoms with Crippen LogP contribution in [0.5, 0.6) is 0 Å². The lowest BCUT2D eigenvalue weighted by Gasteiger charge is -1.93. The molecule has 2 rings (SSSR count). The Kier molecular flexibility index (Phi) is 1.46. The summed E-state index contributed by atoms with van der Waals surface area (Å²) in [4.78, 5) is 10.5. The van der Waals surface area contributed by atoms with Gasteiger partial charge in [-0.3, -0.25) is 4.79 Å². The molecule has 1 aliphatic carbocycles. The molecule has 1 aliphatic rings. The molecule has 0 amide bonds. The molecule has 0 saturated heterocycles. The van der Waals surface area contributed by atoms with Crippen molar-refractivity contribution >= 4 is 5.97 Å². The van der Waals surface area contributed by atoms with Crippen LogP contribution in [0, 0.1) is 12.8 Å². The van der Waals surface area contributed by atoms with Gasteiger partial charge in [-0.1, -0.05) is 0 Å². The zero-order chi connectivity index (χ0) is 8.72. The van der Waals surface area contributed by atoms with Gasteiger partial charge in [0.1, 0.15) is 5.76 Å². The summed E-state index contributed by atoms with van der Waals surface area (Å²) in [6.45, 7) is 1.87. The second kappa shape index (κ2) is 2.37. The molecule has 0 bridgehead atoms. The molecule has 3 heteroatoms. The monoisotopic (exact) mass is 166 g/mol. The van der Waals surface area contributed by atoms with Crippen molar-refractivity contribution in [2.75, 3.05) is 0 Å². The van der Waals surface area contributed by atoms with E-state index in [9.17, 15) is 4.79 Å². The molecule has 0 aromatic carbocycles. The number of aryl methyl sites for hydroxylation is 1. The van der Waals surface area contributed by atoms with Crippen molar-refractivity contribution in [3.8, 4) is 0 Å². The molecule has 0 radical (unpaired) electrons. The van der Waals surface area contributed by atoms with E-state index in [1.54, 1.807) is 6.26 Å². The van der Waals surface area contributed by atoms with Crippen molar-refractivity contribution in [2.24, 2.45) is 5.92 Å². The first-order valence-electron chi connectivity index (χ1n) is 3.97. The Labute approximate surface area is 70.0 Å². The Morgan fingerprint density at radius 2 is 2.50 bits per heavy atom. The SMILES string of the molecule is Cc1occc1[C@@H]1C[C@H]1C(=O)O. The molecule has 3 nitrogen and oxygen atoms in total. The molecule has 2 atom stereocenters. The normalized spacial score (nSPS) is 27.1. The number of hydrogen-bond acceptors (Lipinski definition) is 2. The third-order valence-electron chi connectivity index (χ3n) is 2.41. The average molecular weight is 166 g/mol. The fourth-order valence-electron chi connectivity index (χ4n) is 1.59. The largest absolute Gasteiger partial charge is 0.481 e. The van der Waals surface area contributed by atoms with E-state index in [4.69, 9.17) is 9.52 Å². The molecule has 1 aromatic heterocycles. The predicted molar refractivity (Wildman–Crippen MR) is 41.9 cm³/mol. The van der Waals surface area contributed by atoms with Gasteiger partial charge in [-0.05, 0) is 25.0 Å². The quantitative estimate of drug-likeness (QED) is 0.728. The zero-order valence-corrected chi connectivity index (χ0v) is 6.78. The van der Waals surface area contributed by atoms with Crippen LogP contribution in [-0.2, 0) is 4.79 Å². The van der Waals surface area contributed by atoms with Crippen LogP contribution in [0.15, 0.2) is 16.7 Å². The highest BCUT2D eigenvalue weighted by molar-refractivity contribution is 5.75. The van der Waals surface area contributed by atoms with E-state index >= 15 is 0 Å². The van der Waals surface area contributed by atoms with Crippen molar-refractivity contribution < 1.29 is 14.3 Å². The van der Waals surface area contributed by atoms with E-state index < -0.39 is 5.97 Å². The van der Waals surface area contributed by atoms with E-state index in [1.807, 2.05) is 13.0 Å². The molecular formula is C9H10O3. The fraction of sp³-hybridized carbons (Fsp3) is 0.444.